The third kappa shape index (κ3) is 2.95. The number of thioether (sulfide) groups is 1. The maximum Gasteiger partial charge on any atom is 0.271 e. The van der Waals surface area contributed by atoms with Crippen LogP contribution in [0.4, 0.5) is 5.69 Å². The zero-order chi connectivity index (χ0) is 18.1. The van der Waals surface area contributed by atoms with Gasteiger partial charge >= 0.3 is 0 Å². The number of nitrogens with one attached hydrogen (secondary N) is 1. The summed E-state index contributed by atoms with van der Waals surface area (Å²) in [5.74, 6) is 1.51. The summed E-state index contributed by atoms with van der Waals surface area (Å²) >= 11 is 1.58. The molecule has 130 valence electrons. The van der Waals surface area contributed by atoms with Crippen molar-refractivity contribution in [2.24, 2.45) is 7.05 Å². The van der Waals surface area contributed by atoms with Gasteiger partial charge in [-0.2, -0.15) is 0 Å². The molecular weight excluding hydrogens is 350 g/mol. The quantitative estimate of drug-likeness (QED) is 0.326. The first-order valence-corrected chi connectivity index (χ1v) is 8.94. The van der Waals surface area contributed by atoms with Crippen LogP contribution in [0.2, 0.25) is 0 Å². The Balaban J connectivity index is 1.56. The summed E-state index contributed by atoms with van der Waals surface area (Å²) in [4.78, 5) is 13.6. The summed E-state index contributed by atoms with van der Waals surface area (Å²) in [7, 11) is 1.95. The molecule has 0 amide bonds. The molecule has 2 aromatic heterocycles. The van der Waals surface area contributed by atoms with Crippen molar-refractivity contribution < 1.29 is 4.92 Å². The molecule has 0 fully saturated rings. The number of rotatable bonds is 5. The van der Waals surface area contributed by atoms with Crippen molar-refractivity contribution >= 4 is 28.4 Å². The first kappa shape index (κ1) is 16.3. The number of aromatic nitrogens is 4. The Morgan fingerprint density at radius 3 is 2.77 bits per heavy atom. The van der Waals surface area contributed by atoms with Crippen molar-refractivity contribution in [3.05, 3.63) is 70.4 Å². The van der Waals surface area contributed by atoms with E-state index < -0.39 is 0 Å². The van der Waals surface area contributed by atoms with Gasteiger partial charge in [0.05, 0.1) is 10.4 Å². The first-order valence-electron chi connectivity index (χ1n) is 7.95. The van der Waals surface area contributed by atoms with E-state index >= 15 is 0 Å². The van der Waals surface area contributed by atoms with Crippen molar-refractivity contribution in [3.63, 3.8) is 0 Å². The van der Waals surface area contributed by atoms with Crippen molar-refractivity contribution in [3.8, 4) is 11.4 Å². The highest BCUT2D eigenvalue weighted by Gasteiger charge is 2.13. The summed E-state index contributed by atoms with van der Waals surface area (Å²) in [6.07, 6.45) is 1.88. The van der Waals surface area contributed by atoms with E-state index in [1.807, 2.05) is 48.1 Å². The molecular formula is C18H15N5O2S. The van der Waals surface area contributed by atoms with Crippen molar-refractivity contribution in [2.45, 2.75) is 10.9 Å². The lowest BCUT2D eigenvalue weighted by atomic mass is 10.2. The minimum atomic E-state index is -0.390. The average Bonchev–Trinajstić information content (AvgIpc) is 3.23. The topological polar surface area (TPSA) is 89.6 Å². The highest BCUT2D eigenvalue weighted by atomic mass is 32.2. The van der Waals surface area contributed by atoms with Crippen LogP contribution in [-0.4, -0.2) is 24.7 Å². The maximum absolute atomic E-state index is 10.9. The van der Waals surface area contributed by atoms with Gasteiger partial charge < -0.3 is 9.55 Å². The standard InChI is InChI=1S/C18H15N5O2S/c1-22-17(12-5-3-2-4-6-12)20-21-18(22)26-11-13-10-19-16-9-14(23(24)25)7-8-15(13)16/h2-10,19H,11H2,1H3. The van der Waals surface area contributed by atoms with Crippen LogP contribution in [0, 0.1) is 10.1 Å². The Kier molecular flexibility index (Phi) is 4.18. The Morgan fingerprint density at radius 1 is 1.19 bits per heavy atom. The number of hydrogen-bond acceptors (Lipinski definition) is 5. The molecule has 8 heteroatoms. The second-order valence-corrected chi connectivity index (χ2v) is 6.76. The van der Waals surface area contributed by atoms with Gasteiger partial charge in [0.25, 0.3) is 5.69 Å². The van der Waals surface area contributed by atoms with Crippen LogP contribution in [0.25, 0.3) is 22.3 Å². The molecule has 7 nitrogen and oxygen atoms in total. The summed E-state index contributed by atoms with van der Waals surface area (Å²) in [6, 6.07) is 14.8. The molecule has 2 heterocycles. The number of H-pyrrole nitrogens is 1. The van der Waals surface area contributed by atoms with Crippen LogP contribution >= 0.6 is 11.8 Å². The van der Waals surface area contributed by atoms with Gasteiger partial charge in [0.1, 0.15) is 0 Å². The number of fused-ring (bicyclic) bond motifs is 1. The Labute approximate surface area is 153 Å². The first-order chi connectivity index (χ1) is 12.6. The van der Waals surface area contributed by atoms with Gasteiger partial charge in [-0.05, 0) is 11.6 Å². The molecule has 0 saturated heterocycles. The van der Waals surface area contributed by atoms with E-state index in [0.717, 1.165) is 33.0 Å². The highest BCUT2D eigenvalue weighted by molar-refractivity contribution is 7.98. The average molecular weight is 365 g/mol. The van der Waals surface area contributed by atoms with E-state index in [1.165, 1.54) is 6.07 Å². The van der Waals surface area contributed by atoms with Gasteiger partial charge in [-0.3, -0.25) is 10.1 Å². The second-order valence-electron chi connectivity index (χ2n) is 5.82. The number of nitro groups is 1. The molecule has 0 radical (unpaired) electrons. The van der Waals surface area contributed by atoms with Gasteiger partial charge in [0.2, 0.25) is 0 Å². The molecule has 0 bridgehead atoms. The molecule has 1 N–H and O–H groups in total. The minimum Gasteiger partial charge on any atom is -0.361 e. The number of nitro benzene ring substituents is 1. The lowest BCUT2D eigenvalue weighted by Crippen LogP contribution is -1.94. The fourth-order valence-electron chi connectivity index (χ4n) is 2.83. The molecule has 0 aliphatic heterocycles. The fraction of sp³-hybridized carbons (Fsp3) is 0.111. The molecule has 26 heavy (non-hydrogen) atoms. The molecule has 4 aromatic rings. The van der Waals surface area contributed by atoms with Crippen LogP contribution in [0.3, 0.4) is 0 Å². The van der Waals surface area contributed by atoms with Gasteiger partial charge in [0.15, 0.2) is 11.0 Å². The number of nitrogens with zero attached hydrogens (tertiary/aromatic N) is 4. The third-order valence-electron chi connectivity index (χ3n) is 4.19. The summed E-state index contributed by atoms with van der Waals surface area (Å²) < 4.78 is 1.97. The van der Waals surface area contributed by atoms with Gasteiger partial charge in [-0.1, -0.05) is 42.1 Å². The van der Waals surface area contributed by atoms with E-state index in [9.17, 15) is 10.1 Å². The van der Waals surface area contributed by atoms with Crippen LogP contribution in [0.15, 0.2) is 59.9 Å². The van der Waals surface area contributed by atoms with Gasteiger partial charge in [0, 0.05) is 42.1 Å². The van der Waals surface area contributed by atoms with Gasteiger partial charge in [-0.15, -0.1) is 10.2 Å². The highest BCUT2D eigenvalue weighted by Crippen LogP contribution is 2.29. The summed E-state index contributed by atoms with van der Waals surface area (Å²) in [5, 5.41) is 21.3. The van der Waals surface area contributed by atoms with E-state index in [-0.39, 0.29) is 10.6 Å². The zero-order valence-electron chi connectivity index (χ0n) is 13.9. The Bertz CT molecular complexity index is 1090. The lowest BCUT2D eigenvalue weighted by molar-refractivity contribution is -0.384. The molecule has 0 unspecified atom stereocenters. The van der Waals surface area contributed by atoms with E-state index in [0.29, 0.717) is 5.75 Å². The van der Waals surface area contributed by atoms with Crippen LogP contribution in [0.1, 0.15) is 5.56 Å². The van der Waals surface area contributed by atoms with Crippen molar-refractivity contribution in [1.29, 1.82) is 0 Å². The Morgan fingerprint density at radius 2 is 2.00 bits per heavy atom. The second kappa shape index (κ2) is 6.64. The number of aromatic amines is 1. The van der Waals surface area contributed by atoms with Gasteiger partial charge in [-0.25, -0.2) is 0 Å². The van der Waals surface area contributed by atoms with Crippen molar-refractivity contribution in [1.82, 2.24) is 19.7 Å². The fourth-order valence-corrected chi connectivity index (χ4v) is 3.73. The number of hydrogen-bond donors (Lipinski definition) is 1. The molecule has 2 aromatic carbocycles. The molecule has 0 aliphatic carbocycles. The largest absolute Gasteiger partial charge is 0.361 e. The molecule has 0 spiro atoms. The maximum atomic E-state index is 10.9. The van der Waals surface area contributed by atoms with Crippen LogP contribution in [-0.2, 0) is 12.8 Å². The lowest BCUT2D eigenvalue weighted by Gasteiger charge is -2.03. The van der Waals surface area contributed by atoms with Crippen LogP contribution < -0.4 is 0 Å². The zero-order valence-corrected chi connectivity index (χ0v) is 14.7. The number of benzene rings is 2. The number of non-ortho nitro benzene ring substituents is 1. The van der Waals surface area contributed by atoms with Crippen molar-refractivity contribution in [2.75, 3.05) is 0 Å². The smallest absolute Gasteiger partial charge is 0.271 e. The van der Waals surface area contributed by atoms with E-state index in [2.05, 4.69) is 15.2 Å². The molecule has 0 aliphatic rings. The third-order valence-corrected chi connectivity index (χ3v) is 5.25. The summed E-state index contributed by atoms with van der Waals surface area (Å²) in [5.41, 5.74) is 2.94. The molecule has 0 atom stereocenters. The predicted molar refractivity (Wildman–Crippen MR) is 101 cm³/mol. The Hall–Kier alpha value is -3.13. The van der Waals surface area contributed by atoms with E-state index in [1.54, 1.807) is 23.9 Å². The molecule has 4 rings (SSSR count). The normalized spacial score (nSPS) is 11.1. The monoisotopic (exact) mass is 365 g/mol. The predicted octanol–water partition coefficient (Wildman–Crippen LogP) is 4.16. The van der Waals surface area contributed by atoms with Crippen LogP contribution in [0.5, 0.6) is 0 Å². The molecule has 0 saturated carbocycles. The van der Waals surface area contributed by atoms with E-state index in [4.69, 9.17) is 0 Å². The minimum absolute atomic E-state index is 0.0827. The summed E-state index contributed by atoms with van der Waals surface area (Å²) in [6.45, 7) is 0. The SMILES string of the molecule is Cn1c(SCc2c[nH]c3cc([N+](=O)[O-])ccc23)nnc1-c1ccccc1.